The second-order valence-corrected chi connectivity index (χ2v) is 4.15. The third-order valence-electron chi connectivity index (χ3n) is 3.13. The van der Waals surface area contributed by atoms with Crippen LogP contribution in [0.5, 0.6) is 0 Å². The maximum Gasteiger partial charge on any atom is 0.0320 e. The normalized spacial score (nSPS) is 36.8. The van der Waals surface area contributed by atoms with E-state index in [1.165, 1.54) is 45.3 Å². The fourth-order valence-electron chi connectivity index (χ4n) is 2.46. The minimum absolute atomic E-state index is 0. The fourth-order valence-corrected chi connectivity index (χ4v) is 2.46. The molecule has 0 radical (unpaired) electrons. The molecule has 0 aliphatic carbocycles. The molecule has 2 aliphatic heterocycles. The van der Waals surface area contributed by atoms with Gasteiger partial charge in [-0.15, -0.1) is 12.4 Å². The van der Waals surface area contributed by atoms with Crippen molar-refractivity contribution >= 4 is 12.4 Å². The third kappa shape index (κ3) is 1.93. The second kappa shape index (κ2) is 3.95. The monoisotopic (exact) mass is 190 g/mol. The maximum absolute atomic E-state index is 3.68. The number of rotatable bonds is 0. The van der Waals surface area contributed by atoms with Crippen LogP contribution in [0.3, 0.4) is 0 Å². The summed E-state index contributed by atoms with van der Waals surface area (Å²) in [6, 6.07) is 0. The average molecular weight is 191 g/mol. The zero-order chi connectivity index (χ0) is 7.73. The van der Waals surface area contributed by atoms with Gasteiger partial charge in [0.2, 0.25) is 0 Å². The molecule has 0 aromatic carbocycles. The Labute approximate surface area is 81.1 Å². The van der Waals surface area contributed by atoms with E-state index in [1.54, 1.807) is 0 Å². The van der Waals surface area contributed by atoms with Crippen molar-refractivity contribution in [1.29, 1.82) is 0 Å². The lowest BCUT2D eigenvalue weighted by molar-refractivity contribution is 0.253. The Morgan fingerprint density at radius 3 is 2.58 bits per heavy atom. The Morgan fingerprint density at radius 1 is 1.25 bits per heavy atom. The van der Waals surface area contributed by atoms with Crippen molar-refractivity contribution in [3.8, 4) is 0 Å². The minimum Gasteiger partial charge on any atom is -0.310 e. The molecule has 2 aliphatic rings. The zero-order valence-corrected chi connectivity index (χ0v) is 8.62. The van der Waals surface area contributed by atoms with Crippen LogP contribution in [0.2, 0.25) is 0 Å². The summed E-state index contributed by atoms with van der Waals surface area (Å²) in [5, 5.41) is 3.68. The molecule has 2 rings (SSSR count). The summed E-state index contributed by atoms with van der Waals surface area (Å²) in [5.41, 5.74) is 0.521. The summed E-state index contributed by atoms with van der Waals surface area (Å²) in [4.78, 5) is 2.44. The number of nitrogens with one attached hydrogen (secondary N) is 1. The quantitative estimate of drug-likeness (QED) is 0.619. The molecule has 12 heavy (non-hydrogen) atoms. The third-order valence-corrected chi connectivity index (χ3v) is 3.13. The molecule has 1 spiro atoms. The van der Waals surface area contributed by atoms with Gasteiger partial charge < -0.3 is 10.2 Å². The molecule has 3 heteroatoms. The first-order valence-corrected chi connectivity index (χ1v) is 4.74. The lowest BCUT2D eigenvalue weighted by Gasteiger charge is -2.34. The predicted octanol–water partition coefficient (Wildman–Crippen LogP) is 1.26. The number of likely N-dealkylation sites (tertiary alicyclic amines) is 1. The number of piperidine rings is 1. The molecule has 72 valence electrons. The molecule has 0 aromatic rings. The maximum atomic E-state index is 3.68. The van der Waals surface area contributed by atoms with Crippen LogP contribution >= 0.6 is 12.4 Å². The van der Waals surface area contributed by atoms with Crippen LogP contribution in [0.15, 0.2) is 0 Å². The fraction of sp³-hybridized carbons (Fsp3) is 1.00. The molecule has 0 amide bonds. The van der Waals surface area contributed by atoms with Gasteiger partial charge in [-0.25, -0.2) is 0 Å². The number of likely N-dealkylation sites (N-methyl/N-ethyl adjacent to an activating group) is 1. The molecule has 0 aromatic heterocycles. The zero-order valence-electron chi connectivity index (χ0n) is 7.81. The van der Waals surface area contributed by atoms with Crippen LogP contribution in [-0.4, -0.2) is 37.1 Å². The summed E-state index contributed by atoms with van der Waals surface area (Å²) in [6.45, 7) is 3.80. The first kappa shape index (κ1) is 10.3. The smallest absolute Gasteiger partial charge is 0.0320 e. The SMILES string of the molecule is CN1CCC2(CCCCN2)C1.Cl. The van der Waals surface area contributed by atoms with Gasteiger partial charge in [-0.2, -0.15) is 0 Å². The van der Waals surface area contributed by atoms with E-state index in [2.05, 4.69) is 17.3 Å². The Kier molecular flexibility index (Phi) is 3.38. The summed E-state index contributed by atoms with van der Waals surface area (Å²) < 4.78 is 0. The number of halogens is 1. The highest BCUT2D eigenvalue weighted by Gasteiger charge is 2.36. The molecule has 1 unspecified atom stereocenters. The number of hydrogen-bond acceptors (Lipinski definition) is 2. The van der Waals surface area contributed by atoms with E-state index in [4.69, 9.17) is 0 Å². The van der Waals surface area contributed by atoms with Crippen molar-refractivity contribution in [1.82, 2.24) is 10.2 Å². The molecular formula is C9H19ClN2. The first-order valence-electron chi connectivity index (χ1n) is 4.74. The number of hydrogen-bond donors (Lipinski definition) is 1. The Bertz CT molecular complexity index is 138. The highest BCUT2D eigenvalue weighted by Crippen LogP contribution is 2.28. The molecule has 2 heterocycles. The lowest BCUT2D eigenvalue weighted by atomic mass is 9.88. The van der Waals surface area contributed by atoms with Crippen LogP contribution in [0, 0.1) is 0 Å². The van der Waals surface area contributed by atoms with E-state index in [0.717, 1.165) is 0 Å². The van der Waals surface area contributed by atoms with Crippen LogP contribution in [0.25, 0.3) is 0 Å². The highest BCUT2D eigenvalue weighted by atomic mass is 35.5. The minimum atomic E-state index is 0. The van der Waals surface area contributed by atoms with Gasteiger partial charge in [0.15, 0.2) is 0 Å². The molecule has 1 atom stereocenters. The van der Waals surface area contributed by atoms with Crippen LogP contribution in [-0.2, 0) is 0 Å². The van der Waals surface area contributed by atoms with E-state index in [-0.39, 0.29) is 12.4 Å². The van der Waals surface area contributed by atoms with Crippen molar-refractivity contribution in [3.05, 3.63) is 0 Å². The molecule has 1 N–H and O–H groups in total. The Morgan fingerprint density at radius 2 is 2.08 bits per heavy atom. The summed E-state index contributed by atoms with van der Waals surface area (Å²) in [5.74, 6) is 0. The largest absolute Gasteiger partial charge is 0.310 e. The van der Waals surface area contributed by atoms with E-state index >= 15 is 0 Å². The summed E-state index contributed by atoms with van der Waals surface area (Å²) in [6.07, 6.45) is 5.58. The molecule has 0 saturated carbocycles. The van der Waals surface area contributed by atoms with Gasteiger partial charge in [0.25, 0.3) is 0 Å². The Hall–Kier alpha value is 0.210. The van der Waals surface area contributed by atoms with Crippen molar-refractivity contribution in [3.63, 3.8) is 0 Å². The molecule has 2 fully saturated rings. The first-order chi connectivity index (χ1) is 5.31. The van der Waals surface area contributed by atoms with Gasteiger partial charge in [-0.1, -0.05) is 6.42 Å². The molecule has 0 bridgehead atoms. The molecular weight excluding hydrogens is 172 g/mol. The van der Waals surface area contributed by atoms with E-state index in [9.17, 15) is 0 Å². The molecule has 2 saturated heterocycles. The van der Waals surface area contributed by atoms with Crippen molar-refractivity contribution in [2.45, 2.75) is 31.2 Å². The van der Waals surface area contributed by atoms with E-state index in [0.29, 0.717) is 5.54 Å². The van der Waals surface area contributed by atoms with Gasteiger partial charge in [0, 0.05) is 12.1 Å². The standard InChI is InChI=1S/C9H18N2.ClH/c1-11-7-5-9(8-11)4-2-3-6-10-9;/h10H,2-8H2,1H3;1H. The van der Waals surface area contributed by atoms with Crippen molar-refractivity contribution in [2.75, 3.05) is 26.7 Å². The summed E-state index contributed by atoms with van der Waals surface area (Å²) >= 11 is 0. The average Bonchev–Trinajstić information content (AvgIpc) is 2.34. The van der Waals surface area contributed by atoms with Gasteiger partial charge in [0.05, 0.1) is 0 Å². The molecule has 2 nitrogen and oxygen atoms in total. The van der Waals surface area contributed by atoms with Crippen molar-refractivity contribution < 1.29 is 0 Å². The van der Waals surface area contributed by atoms with Gasteiger partial charge in [0.1, 0.15) is 0 Å². The van der Waals surface area contributed by atoms with Gasteiger partial charge in [-0.3, -0.25) is 0 Å². The highest BCUT2D eigenvalue weighted by molar-refractivity contribution is 5.85. The topological polar surface area (TPSA) is 15.3 Å². The van der Waals surface area contributed by atoms with E-state index in [1.807, 2.05) is 0 Å². The van der Waals surface area contributed by atoms with Crippen molar-refractivity contribution in [2.24, 2.45) is 0 Å². The lowest BCUT2D eigenvalue weighted by Crippen LogP contribution is -2.50. The second-order valence-electron chi connectivity index (χ2n) is 4.15. The van der Waals surface area contributed by atoms with E-state index < -0.39 is 0 Å². The Balaban J connectivity index is 0.000000720. The summed E-state index contributed by atoms with van der Waals surface area (Å²) in [7, 11) is 2.23. The van der Waals surface area contributed by atoms with Gasteiger partial charge in [-0.05, 0) is 39.4 Å². The predicted molar refractivity (Wildman–Crippen MR) is 53.9 cm³/mol. The van der Waals surface area contributed by atoms with Crippen LogP contribution < -0.4 is 5.32 Å². The van der Waals surface area contributed by atoms with Crippen LogP contribution in [0.4, 0.5) is 0 Å². The van der Waals surface area contributed by atoms with Gasteiger partial charge >= 0.3 is 0 Å². The number of nitrogens with zero attached hydrogens (tertiary/aromatic N) is 1. The van der Waals surface area contributed by atoms with Crippen LogP contribution in [0.1, 0.15) is 25.7 Å².